The summed E-state index contributed by atoms with van der Waals surface area (Å²) in [5.41, 5.74) is 3.12. The molecule has 5 rings (SSSR count). The van der Waals surface area contributed by atoms with Gasteiger partial charge >= 0.3 is 0 Å². The second-order valence-electron chi connectivity index (χ2n) is 8.00. The number of hydrogen-bond donors (Lipinski definition) is 2. The minimum atomic E-state index is 0.175. The second kappa shape index (κ2) is 9.17. The number of methoxy groups -OCH3 is 1. The molecule has 1 aliphatic heterocycles. The van der Waals surface area contributed by atoms with Gasteiger partial charge in [0, 0.05) is 41.7 Å². The number of aromatic amines is 1. The third-order valence-electron chi connectivity index (χ3n) is 5.97. The van der Waals surface area contributed by atoms with Crippen molar-refractivity contribution in [1.82, 2.24) is 20.1 Å². The first-order valence-corrected chi connectivity index (χ1v) is 11.6. The third kappa shape index (κ3) is 4.12. The predicted molar refractivity (Wildman–Crippen MR) is 130 cm³/mol. The number of pyridine rings is 1. The van der Waals surface area contributed by atoms with Gasteiger partial charge in [0.05, 0.1) is 35.9 Å². The molecule has 0 atom stereocenters. The molecule has 33 heavy (non-hydrogen) atoms. The fourth-order valence-corrected chi connectivity index (χ4v) is 4.63. The van der Waals surface area contributed by atoms with Gasteiger partial charge in [0.15, 0.2) is 17.1 Å². The first-order valence-electron chi connectivity index (χ1n) is 10.8. The van der Waals surface area contributed by atoms with Crippen LogP contribution in [0.4, 0.5) is 0 Å². The van der Waals surface area contributed by atoms with E-state index >= 15 is 0 Å². The number of H-pyrrole nitrogens is 1. The lowest BCUT2D eigenvalue weighted by molar-refractivity contribution is 0.0322. The van der Waals surface area contributed by atoms with Crippen LogP contribution in [-0.2, 0) is 4.74 Å². The Bertz CT molecular complexity index is 1320. The lowest BCUT2D eigenvalue weighted by atomic mass is 9.99. The average Bonchev–Trinajstić information content (AvgIpc) is 3.21. The van der Waals surface area contributed by atoms with Crippen molar-refractivity contribution in [1.29, 1.82) is 0 Å². The number of rotatable bonds is 6. The Kier molecular flexibility index (Phi) is 6.09. The lowest BCUT2D eigenvalue weighted by Crippen LogP contribution is -2.38. The van der Waals surface area contributed by atoms with Crippen molar-refractivity contribution in [2.75, 3.05) is 46.6 Å². The number of nitrogens with one attached hydrogen (secondary N) is 1. The molecule has 1 saturated heterocycles. The summed E-state index contributed by atoms with van der Waals surface area (Å²) in [7, 11) is 1.65. The largest absolute Gasteiger partial charge is 0.507 e. The molecule has 0 unspecified atom stereocenters. The molecular weight excluding hydrogens is 488 g/mol. The van der Waals surface area contributed by atoms with E-state index in [2.05, 4.69) is 31.0 Å². The molecule has 0 amide bonds. The molecule has 172 valence electrons. The molecular formula is C24H25BrN4O4. The number of nitrogens with zero attached hydrogens (tertiary/aromatic N) is 3. The summed E-state index contributed by atoms with van der Waals surface area (Å²) in [6, 6.07) is 9.25. The quantitative estimate of drug-likeness (QED) is 0.398. The zero-order valence-corrected chi connectivity index (χ0v) is 20.1. The number of morpholine rings is 1. The van der Waals surface area contributed by atoms with E-state index in [1.54, 1.807) is 13.2 Å². The summed E-state index contributed by atoms with van der Waals surface area (Å²) in [5, 5.41) is 20.2. The van der Waals surface area contributed by atoms with Crippen molar-refractivity contribution in [2.45, 2.75) is 6.92 Å². The predicted octanol–water partition coefficient (Wildman–Crippen LogP) is 4.27. The number of halogens is 1. The van der Waals surface area contributed by atoms with Crippen molar-refractivity contribution in [3.8, 4) is 28.5 Å². The van der Waals surface area contributed by atoms with Gasteiger partial charge in [-0.3, -0.25) is 10.00 Å². The van der Waals surface area contributed by atoms with Gasteiger partial charge in [-0.25, -0.2) is 4.98 Å². The molecule has 0 radical (unpaired) electrons. The molecule has 9 heteroatoms. The first-order chi connectivity index (χ1) is 16.1. The van der Waals surface area contributed by atoms with E-state index in [4.69, 9.17) is 19.2 Å². The third-order valence-corrected chi connectivity index (χ3v) is 6.61. The number of aromatic hydroxyl groups is 1. The molecule has 8 nitrogen and oxygen atoms in total. The van der Waals surface area contributed by atoms with Crippen LogP contribution in [0.1, 0.15) is 5.69 Å². The highest BCUT2D eigenvalue weighted by Gasteiger charge is 2.21. The van der Waals surface area contributed by atoms with Crippen molar-refractivity contribution in [2.24, 2.45) is 0 Å². The van der Waals surface area contributed by atoms with Crippen molar-refractivity contribution >= 4 is 37.7 Å². The van der Waals surface area contributed by atoms with E-state index in [1.165, 1.54) is 0 Å². The number of ether oxygens (including phenoxy) is 3. The summed E-state index contributed by atoms with van der Waals surface area (Å²) in [6.45, 7) is 6.63. The number of fused-ring (bicyclic) bond motifs is 3. The van der Waals surface area contributed by atoms with Crippen molar-refractivity contribution in [3.63, 3.8) is 0 Å². The maximum atomic E-state index is 9.96. The standard InChI is InChI=1S/C24H25BrN4O4/c1-14-20-21-16(22(26-24(20)28-27-14)15-3-5-18(30)17(25)13-15)4-6-19(31-2)23(21)33-12-9-29-7-10-32-11-8-29/h3-6,13,30H,7-12H2,1-2H3,(H,26,27,28). The minimum absolute atomic E-state index is 0.175. The van der Waals surface area contributed by atoms with Crippen LogP contribution in [0.15, 0.2) is 34.8 Å². The molecule has 3 heterocycles. The number of hydrogen-bond acceptors (Lipinski definition) is 7. The van der Waals surface area contributed by atoms with Crippen molar-refractivity contribution in [3.05, 3.63) is 40.5 Å². The van der Waals surface area contributed by atoms with Crippen LogP contribution in [0.3, 0.4) is 0 Å². The topological polar surface area (TPSA) is 92.7 Å². The van der Waals surface area contributed by atoms with E-state index in [1.807, 2.05) is 31.2 Å². The molecule has 1 fully saturated rings. The Morgan fingerprint density at radius 2 is 2.00 bits per heavy atom. The highest BCUT2D eigenvalue weighted by Crippen LogP contribution is 2.44. The molecule has 2 N–H and O–H groups in total. The number of phenols is 1. The fraction of sp³-hybridized carbons (Fsp3) is 0.333. The molecule has 0 saturated carbocycles. The van der Waals surface area contributed by atoms with Crippen LogP contribution >= 0.6 is 15.9 Å². The van der Waals surface area contributed by atoms with Gasteiger partial charge in [0.25, 0.3) is 0 Å². The minimum Gasteiger partial charge on any atom is -0.507 e. The van der Waals surface area contributed by atoms with Crippen LogP contribution in [0, 0.1) is 6.92 Å². The van der Waals surface area contributed by atoms with Gasteiger partial charge in [-0.05, 0) is 53.2 Å². The summed E-state index contributed by atoms with van der Waals surface area (Å²) in [5.74, 6) is 1.52. The highest BCUT2D eigenvalue weighted by atomic mass is 79.9. The molecule has 2 aromatic carbocycles. The maximum Gasteiger partial charge on any atom is 0.182 e. The molecule has 4 aromatic rings. The lowest BCUT2D eigenvalue weighted by Gasteiger charge is -2.26. The fourth-order valence-electron chi connectivity index (χ4n) is 4.25. The van der Waals surface area contributed by atoms with Gasteiger partial charge in [-0.2, -0.15) is 5.10 Å². The summed E-state index contributed by atoms with van der Waals surface area (Å²) >= 11 is 3.41. The summed E-state index contributed by atoms with van der Waals surface area (Å²) < 4.78 is 18.1. The van der Waals surface area contributed by atoms with Crippen LogP contribution in [0.25, 0.3) is 33.1 Å². The number of benzene rings is 2. The van der Waals surface area contributed by atoms with E-state index in [-0.39, 0.29) is 5.75 Å². The SMILES string of the molecule is COc1ccc2c(-c3ccc(O)c(Br)c3)nc3n[nH]c(C)c3c2c1OCCN1CCOCC1. The number of aryl methyl sites for hydroxylation is 1. The Balaban J connectivity index is 1.65. The van der Waals surface area contributed by atoms with E-state index < -0.39 is 0 Å². The molecule has 0 aliphatic carbocycles. The van der Waals surface area contributed by atoms with Crippen LogP contribution in [0.2, 0.25) is 0 Å². The second-order valence-corrected chi connectivity index (χ2v) is 8.85. The van der Waals surface area contributed by atoms with Gasteiger partial charge in [0.2, 0.25) is 0 Å². The van der Waals surface area contributed by atoms with Gasteiger partial charge < -0.3 is 19.3 Å². The summed E-state index contributed by atoms with van der Waals surface area (Å²) in [6.07, 6.45) is 0. The normalized spacial score (nSPS) is 14.8. The summed E-state index contributed by atoms with van der Waals surface area (Å²) in [4.78, 5) is 7.19. The monoisotopic (exact) mass is 512 g/mol. The average molecular weight is 513 g/mol. The number of aromatic nitrogens is 3. The van der Waals surface area contributed by atoms with Gasteiger partial charge in [-0.15, -0.1) is 0 Å². The molecule has 0 bridgehead atoms. The Morgan fingerprint density at radius 1 is 1.18 bits per heavy atom. The molecule has 1 aliphatic rings. The highest BCUT2D eigenvalue weighted by molar-refractivity contribution is 9.10. The van der Waals surface area contributed by atoms with Crippen LogP contribution in [-0.4, -0.2) is 71.8 Å². The van der Waals surface area contributed by atoms with E-state index in [0.717, 1.165) is 66.0 Å². The molecule has 2 aromatic heterocycles. The van der Waals surface area contributed by atoms with Gasteiger partial charge in [0.1, 0.15) is 12.4 Å². The zero-order chi connectivity index (χ0) is 22.9. The van der Waals surface area contributed by atoms with Gasteiger partial charge in [-0.1, -0.05) is 0 Å². The zero-order valence-electron chi connectivity index (χ0n) is 18.5. The smallest absolute Gasteiger partial charge is 0.182 e. The Labute approximate surface area is 199 Å². The van der Waals surface area contributed by atoms with E-state index in [9.17, 15) is 5.11 Å². The van der Waals surface area contributed by atoms with E-state index in [0.29, 0.717) is 28.2 Å². The first kappa shape index (κ1) is 21.9. The Morgan fingerprint density at radius 3 is 2.76 bits per heavy atom. The Hall–Kier alpha value is -2.88. The number of phenolic OH excluding ortho intramolecular Hbond substituents is 1. The molecule has 0 spiro atoms. The maximum absolute atomic E-state index is 9.96. The van der Waals surface area contributed by atoms with Crippen LogP contribution in [0.5, 0.6) is 17.2 Å². The van der Waals surface area contributed by atoms with Crippen LogP contribution < -0.4 is 9.47 Å². The van der Waals surface area contributed by atoms with Crippen molar-refractivity contribution < 1.29 is 19.3 Å².